The van der Waals surface area contributed by atoms with Crippen LogP contribution in [0.4, 0.5) is 0 Å². The number of fused-ring (bicyclic) bond motifs is 3. The summed E-state index contributed by atoms with van der Waals surface area (Å²) < 4.78 is 16.9. The summed E-state index contributed by atoms with van der Waals surface area (Å²) in [6.07, 6.45) is 1.81. The highest BCUT2D eigenvalue weighted by Gasteiger charge is 2.25. The number of hydrogen-bond acceptors (Lipinski definition) is 6. The Balaban J connectivity index is 1.53. The van der Waals surface area contributed by atoms with Crippen LogP contribution >= 0.6 is 11.6 Å². The first-order chi connectivity index (χ1) is 13.2. The van der Waals surface area contributed by atoms with Crippen molar-refractivity contribution < 1.29 is 13.9 Å². The van der Waals surface area contributed by atoms with Crippen LogP contribution in [0.15, 0.2) is 21.3 Å². The van der Waals surface area contributed by atoms with Gasteiger partial charge in [0.25, 0.3) is 0 Å². The van der Waals surface area contributed by atoms with E-state index in [4.69, 9.17) is 25.5 Å². The maximum atomic E-state index is 12.0. The van der Waals surface area contributed by atoms with Gasteiger partial charge in [0, 0.05) is 37.6 Å². The van der Waals surface area contributed by atoms with E-state index < -0.39 is 0 Å². The smallest absolute Gasteiger partial charge is 0.336 e. The maximum absolute atomic E-state index is 12.0. The van der Waals surface area contributed by atoms with E-state index in [9.17, 15) is 4.79 Å². The zero-order valence-corrected chi connectivity index (χ0v) is 16.4. The molecule has 2 aliphatic rings. The fraction of sp³-hybridized carbons (Fsp3) is 0.550. The van der Waals surface area contributed by atoms with Gasteiger partial charge in [-0.3, -0.25) is 9.80 Å². The molecule has 3 heterocycles. The predicted octanol–water partition coefficient (Wildman–Crippen LogP) is 2.88. The monoisotopic (exact) mass is 392 g/mol. The summed E-state index contributed by atoms with van der Waals surface area (Å²) in [5.74, 6) is 0.644. The number of hydrogen-bond donors (Lipinski definition) is 0. The Morgan fingerprint density at radius 1 is 1.15 bits per heavy atom. The minimum atomic E-state index is -0.326. The standard InChI is InChI=1S/C20H25ClN2O4/c1-2-14-10-18(24)27-19-15(14)11-17(21)20-16(19)12-23(13-26-20)5-3-4-22-6-8-25-9-7-22/h10-11H,2-9,12-13H2,1H3. The van der Waals surface area contributed by atoms with Crippen LogP contribution in [0.25, 0.3) is 11.0 Å². The van der Waals surface area contributed by atoms with Crippen molar-refractivity contribution in [3.05, 3.63) is 38.7 Å². The van der Waals surface area contributed by atoms with E-state index in [1.54, 1.807) is 6.07 Å². The molecule has 6 nitrogen and oxygen atoms in total. The summed E-state index contributed by atoms with van der Waals surface area (Å²) in [5, 5.41) is 1.48. The number of morpholine rings is 1. The quantitative estimate of drug-likeness (QED) is 0.729. The average Bonchev–Trinajstić information content (AvgIpc) is 2.69. The summed E-state index contributed by atoms with van der Waals surface area (Å²) in [6.45, 7) is 8.82. The Morgan fingerprint density at radius 3 is 2.70 bits per heavy atom. The molecule has 1 saturated heterocycles. The van der Waals surface area contributed by atoms with Crippen molar-refractivity contribution >= 4 is 22.6 Å². The Labute approximate surface area is 163 Å². The highest BCUT2D eigenvalue weighted by atomic mass is 35.5. The van der Waals surface area contributed by atoms with Crippen LogP contribution in [0, 0.1) is 0 Å². The van der Waals surface area contributed by atoms with Crippen molar-refractivity contribution in [3.63, 3.8) is 0 Å². The zero-order chi connectivity index (χ0) is 18.8. The minimum absolute atomic E-state index is 0.326. The third-order valence-corrected chi connectivity index (χ3v) is 5.61. The van der Waals surface area contributed by atoms with Gasteiger partial charge in [-0.25, -0.2) is 4.79 Å². The molecular weight excluding hydrogens is 368 g/mol. The van der Waals surface area contributed by atoms with Crippen molar-refractivity contribution in [3.8, 4) is 5.75 Å². The molecule has 0 saturated carbocycles. The molecule has 2 aromatic rings. The molecule has 1 fully saturated rings. The Hall–Kier alpha value is -1.60. The van der Waals surface area contributed by atoms with Crippen molar-refractivity contribution in [2.75, 3.05) is 46.1 Å². The van der Waals surface area contributed by atoms with Crippen LogP contribution in [-0.2, 0) is 17.7 Å². The maximum Gasteiger partial charge on any atom is 0.336 e. The van der Waals surface area contributed by atoms with Crippen LogP contribution in [-0.4, -0.2) is 55.9 Å². The van der Waals surface area contributed by atoms with Gasteiger partial charge < -0.3 is 13.9 Å². The zero-order valence-electron chi connectivity index (χ0n) is 15.6. The number of halogens is 1. The number of nitrogens with zero attached hydrogens (tertiary/aromatic N) is 2. The van der Waals surface area contributed by atoms with Gasteiger partial charge in [-0.05, 0) is 31.0 Å². The number of aryl methyl sites for hydroxylation is 1. The van der Waals surface area contributed by atoms with Gasteiger partial charge in [0.1, 0.15) is 18.1 Å². The van der Waals surface area contributed by atoms with Gasteiger partial charge in [0.2, 0.25) is 0 Å². The second-order valence-corrected chi connectivity index (χ2v) is 7.53. The Bertz CT molecular complexity index is 876. The molecule has 1 aromatic carbocycles. The molecule has 146 valence electrons. The second-order valence-electron chi connectivity index (χ2n) is 7.12. The van der Waals surface area contributed by atoms with Gasteiger partial charge >= 0.3 is 5.63 Å². The Morgan fingerprint density at radius 2 is 1.93 bits per heavy atom. The van der Waals surface area contributed by atoms with Crippen LogP contribution in [0.2, 0.25) is 5.02 Å². The van der Waals surface area contributed by atoms with E-state index in [1.807, 2.05) is 13.0 Å². The molecule has 0 atom stereocenters. The van der Waals surface area contributed by atoms with E-state index in [2.05, 4.69) is 9.80 Å². The Kier molecular flexibility index (Phi) is 5.68. The summed E-state index contributed by atoms with van der Waals surface area (Å²) >= 11 is 6.46. The number of ether oxygens (including phenoxy) is 2. The number of rotatable bonds is 5. The SMILES string of the molecule is CCc1cc(=O)oc2c3c(c(Cl)cc12)OCN(CCCN1CCOCC1)C3. The fourth-order valence-corrected chi connectivity index (χ4v) is 4.15. The van der Waals surface area contributed by atoms with Gasteiger partial charge in [0.15, 0.2) is 0 Å². The van der Waals surface area contributed by atoms with Gasteiger partial charge in [0.05, 0.1) is 23.8 Å². The molecule has 27 heavy (non-hydrogen) atoms. The molecule has 2 aliphatic heterocycles. The van der Waals surface area contributed by atoms with Gasteiger partial charge in [-0.1, -0.05) is 18.5 Å². The summed E-state index contributed by atoms with van der Waals surface area (Å²) in [6, 6.07) is 3.40. The normalized spacial score (nSPS) is 18.4. The lowest BCUT2D eigenvalue weighted by Crippen LogP contribution is -2.39. The van der Waals surface area contributed by atoms with Crippen LogP contribution in [0.1, 0.15) is 24.5 Å². The summed E-state index contributed by atoms with van der Waals surface area (Å²) in [5.41, 5.74) is 2.11. The van der Waals surface area contributed by atoms with E-state index in [1.165, 1.54) is 0 Å². The molecular formula is C20H25ClN2O4. The first-order valence-corrected chi connectivity index (χ1v) is 9.97. The van der Waals surface area contributed by atoms with E-state index in [0.29, 0.717) is 29.6 Å². The van der Waals surface area contributed by atoms with Crippen LogP contribution < -0.4 is 10.4 Å². The first-order valence-electron chi connectivity index (χ1n) is 9.59. The lowest BCUT2D eigenvalue weighted by molar-refractivity contribution is 0.0330. The van der Waals surface area contributed by atoms with Crippen molar-refractivity contribution in [2.45, 2.75) is 26.3 Å². The van der Waals surface area contributed by atoms with E-state index in [-0.39, 0.29) is 5.63 Å². The molecule has 0 spiro atoms. The third-order valence-electron chi connectivity index (χ3n) is 5.33. The highest BCUT2D eigenvalue weighted by Crippen LogP contribution is 2.39. The predicted molar refractivity (Wildman–Crippen MR) is 105 cm³/mol. The molecule has 0 bridgehead atoms. The molecule has 0 unspecified atom stereocenters. The van der Waals surface area contributed by atoms with Crippen molar-refractivity contribution in [1.82, 2.24) is 9.80 Å². The molecule has 1 aromatic heterocycles. The fourth-order valence-electron chi connectivity index (χ4n) is 3.88. The summed E-state index contributed by atoms with van der Waals surface area (Å²) in [7, 11) is 0. The van der Waals surface area contributed by atoms with Crippen molar-refractivity contribution in [2.24, 2.45) is 0 Å². The third kappa shape index (κ3) is 3.99. The minimum Gasteiger partial charge on any atom is -0.476 e. The van der Waals surface area contributed by atoms with Crippen molar-refractivity contribution in [1.29, 1.82) is 0 Å². The van der Waals surface area contributed by atoms with E-state index >= 15 is 0 Å². The average molecular weight is 393 g/mol. The highest BCUT2D eigenvalue weighted by molar-refractivity contribution is 6.33. The van der Waals surface area contributed by atoms with Gasteiger partial charge in [-0.2, -0.15) is 0 Å². The molecule has 7 heteroatoms. The molecule has 0 aliphatic carbocycles. The topological polar surface area (TPSA) is 55.2 Å². The lowest BCUT2D eigenvalue weighted by atomic mass is 10.0. The second kappa shape index (κ2) is 8.19. The van der Waals surface area contributed by atoms with E-state index in [0.717, 1.165) is 68.7 Å². The first kappa shape index (κ1) is 18.7. The lowest BCUT2D eigenvalue weighted by Gasteiger charge is -2.31. The van der Waals surface area contributed by atoms with Crippen LogP contribution in [0.3, 0.4) is 0 Å². The molecule has 0 amide bonds. The molecule has 0 radical (unpaired) electrons. The number of benzene rings is 1. The van der Waals surface area contributed by atoms with Gasteiger partial charge in [-0.15, -0.1) is 0 Å². The molecule has 0 N–H and O–H groups in total. The van der Waals surface area contributed by atoms with Crippen LogP contribution in [0.5, 0.6) is 5.75 Å². The summed E-state index contributed by atoms with van der Waals surface area (Å²) in [4.78, 5) is 16.7. The largest absolute Gasteiger partial charge is 0.476 e. The molecule has 4 rings (SSSR count).